The molecule has 30 heavy (non-hydrogen) atoms. The van der Waals surface area contributed by atoms with Crippen molar-refractivity contribution in [2.45, 2.75) is 4.90 Å². The topological polar surface area (TPSA) is 116 Å². The zero-order chi connectivity index (χ0) is 21.1. The number of benzene rings is 3. The average molecular weight is 419 g/mol. The van der Waals surface area contributed by atoms with E-state index in [1.807, 2.05) is 43.7 Å². The predicted molar refractivity (Wildman–Crippen MR) is 120 cm³/mol. The van der Waals surface area contributed by atoms with Crippen LogP contribution >= 0.6 is 0 Å². The number of hydrogen-bond acceptors (Lipinski definition) is 7. The van der Waals surface area contributed by atoms with E-state index in [1.54, 1.807) is 24.3 Å². The summed E-state index contributed by atoms with van der Waals surface area (Å²) in [4.78, 5) is 8.98. The molecule has 8 nitrogen and oxygen atoms in total. The van der Waals surface area contributed by atoms with Crippen LogP contribution in [0.2, 0.25) is 0 Å². The molecule has 0 saturated carbocycles. The number of fused-ring (bicyclic) bond motifs is 1. The number of sulfonamides is 1. The third-order valence-electron chi connectivity index (χ3n) is 4.39. The molecular formula is C20H18BN5O3S. The highest BCUT2D eigenvalue weighted by atomic mass is 32.2. The summed E-state index contributed by atoms with van der Waals surface area (Å²) in [6, 6.07) is 20.6. The van der Waals surface area contributed by atoms with Gasteiger partial charge in [0.25, 0.3) is 10.0 Å². The Labute approximate surface area is 174 Å². The van der Waals surface area contributed by atoms with Gasteiger partial charge >= 0.3 is 0 Å². The zero-order valence-electron chi connectivity index (χ0n) is 16.0. The molecule has 1 aromatic heterocycles. The minimum atomic E-state index is -3.98. The van der Waals surface area contributed by atoms with Crippen LogP contribution in [-0.4, -0.2) is 31.4 Å². The third kappa shape index (κ3) is 4.19. The van der Waals surface area contributed by atoms with Crippen molar-refractivity contribution in [1.82, 2.24) is 9.97 Å². The Morgan fingerprint density at radius 1 is 0.800 bits per heavy atom. The minimum Gasteiger partial charge on any atom is -0.337 e. The van der Waals surface area contributed by atoms with Crippen molar-refractivity contribution in [3.63, 3.8) is 0 Å². The van der Waals surface area contributed by atoms with Gasteiger partial charge in [0.1, 0.15) is 7.85 Å². The van der Waals surface area contributed by atoms with E-state index in [2.05, 4.69) is 20.0 Å². The number of rotatable bonds is 6. The zero-order valence-corrected chi connectivity index (χ0v) is 16.8. The van der Waals surface area contributed by atoms with Gasteiger partial charge in [-0.3, -0.25) is 15.4 Å². The van der Waals surface area contributed by atoms with Gasteiger partial charge in [0.15, 0.2) is 11.6 Å². The molecule has 0 saturated heterocycles. The first-order chi connectivity index (χ1) is 14.4. The van der Waals surface area contributed by atoms with E-state index in [9.17, 15) is 8.42 Å². The number of anilines is 4. The largest absolute Gasteiger partial charge is 0.337 e. The Bertz CT molecular complexity index is 1310. The van der Waals surface area contributed by atoms with Crippen molar-refractivity contribution < 1.29 is 13.6 Å². The highest BCUT2D eigenvalue weighted by Gasteiger charge is 2.19. The van der Waals surface area contributed by atoms with Crippen LogP contribution in [0.4, 0.5) is 23.0 Å². The van der Waals surface area contributed by atoms with E-state index in [0.29, 0.717) is 11.0 Å². The molecule has 0 fully saturated rings. The first-order valence-electron chi connectivity index (χ1n) is 9.08. The van der Waals surface area contributed by atoms with Crippen LogP contribution in [-0.2, 0) is 10.0 Å². The van der Waals surface area contributed by atoms with Gasteiger partial charge in [-0.05, 0) is 42.5 Å². The molecule has 4 aromatic rings. The number of nitrogens with one attached hydrogen (secondary N) is 3. The summed E-state index contributed by atoms with van der Waals surface area (Å²) in [6.07, 6.45) is 0. The van der Waals surface area contributed by atoms with Gasteiger partial charge in [-0.15, -0.1) is 0 Å². The van der Waals surface area contributed by atoms with Gasteiger partial charge < -0.3 is 5.32 Å². The molecule has 10 heteroatoms. The highest BCUT2D eigenvalue weighted by molar-refractivity contribution is 7.92. The Morgan fingerprint density at radius 2 is 1.47 bits per heavy atom. The number of para-hydroxylation sites is 2. The molecule has 0 aliphatic rings. The van der Waals surface area contributed by atoms with Crippen LogP contribution in [0.5, 0.6) is 0 Å². The Hall–Kier alpha value is -3.63. The smallest absolute Gasteiger partial charge is 0.263 e. The van der Waals surface area contributed by atoms with Crippen molar-refractivity contribution in [1.29, 1.82) is 0 Å². The molecule has 0 aliphatic heterocycles. The molecule has 0 spiro atoms. The van der Waals surface area contributed by atoms with E-state index in [0.717, 1.165) is 11.2 Å². The quantitative estimate of drug-likeness (QED) is 0.280. The second-order valence-corrected chi connectivity index (χ2v) is 8.33. The summed E-state index contributed by atoms with van der Waals surface area (Å²) in [5, 5.41) is 12.2. The van der Waals surface area contributed by atoms with Gasteiger partial charge in [-0.1, -0.05) is 35.8 Å². The standard InChI is InChI=1S/C20H18BN5O3S/c21-13-8-10-14(11-9-13)22-19-20(24-18-7-2-1-6-17(18)23-19)26-30(28,29)16-5-3-4-15(12-16)25-27/h1-12,25,27H,21H2,(H,22,23)(H,24,26). The lowest BCUT2D eigenvalue weighted by Crippen LogP contribution is -2.16. The van der Waals surface area contributed by atoms with E-state index >= 15 is 0 Å². The van der Waals surface area contributed by atoms with Crippen molar-refractivity contribution in [3.8, 4) is 0 Å². The predicted octanol–water partition coefficient (Wildman–Crippen LogP) is 2.23. The number of aromatic nitrogens is 2. The molecule has 3 aromatic carbocycles. The SMILES string of the molecule is Bc1ccc(Nc2nc3ccccc3nc2NS(=O)(=O)c2cccc(NO)c2)cc1. The van der Waals surface area contributed by atoms with Gasteiger partial charge in [-0.25, -0.2) is 18.4 Å². The molecule has 0 bridgehead atoms. The summed E-state index contributed by atoms with van der Waals surface area (Å²) in [6.45, 7) is 0. The van der Waals surface area contributed by atoms with Crippen LogP contribution in [0.15, 0.2) is 77.7 Å². The number of nitrogens with zero attached hydrogens (tertiary/aromatic N) is 2. The second kappa shape index (κ2) is 8.01. The minimum absolute atomic E-state index is 0.0298. The summed E-state index contributed by atoms with van der Waals surface area (Å²) >= 11 is 0. The first-order valence-corrected chi connectivity index (χ1v) is 10.6. The van der Waals surface area contributed by atoms with Crippen molar-refractivity contribution >= 4 is 57.4 Å². The molecule has 0 unspecified atom stereocenters. The van der Waals surface area contributed by atoms with Crippen LogP contribution in [0.25, 0.3) is 11.0 Å². The van der Waals surface area contributed by atoms with Gasteiger partial charge in [0.05, 0.1) is 21.6 Å². The van der Waals surface area contributed by atoms with E-state index in [1.165, 1.54) is 18.2 Å². The third-order valence-corrected chi connectivity index (χ3v) is 5.73. The molecule has 4 rings (SSSR count). The number of hydrogen-bond donors (Lipinski definition) is 4. The fraction of sp³-hybridized carbons (Fsp3) is 0. The first kappa shape index (κ1) is 19.7. The summed E-state index contributed by atoms with van der Waals surface area (Å²) in [5.74, 6) is 0.342. The fourth-order valence-electron chi connectivity index (χ4n) is 2.85. The van der Waals surface area contributed by atoms with E-state index < -0.39 is 10.0 Å². The van der Waals surface area contributed by atoms with Crippen molar-refractivity contribution in [3.05, 3.63) is 72.8 Å². The molecule has 0 aliphatic carbocycles. The van der Waals surface area contributed by atoms with Gasteiger partial charge in [0, 0.05) is 5.69 Å². The lowest BCUT2D eigenvalue weighted by atomic mass is 9.96. The van der Waals surface area contributed by atoms with Gasteiger partial charge in [-0.2, -0.15) is 0 Å². The average Bonchev–Trinajstić information content (AvgIpc) is 2.75. The maximum absolute atomic E-state index is 12.9. The van der Waals surface area contributed by atoms with Crippen molar-refractivity contribution in [2.24, 2.45) is 0 Å². The molecule has 4 N–H and O–H groups in total. The maximum Gasteiger partial charge on any atom is 0.263 e. The van der Waals surface area contributed by atoms with Gasteiger partial charge in [0.2, 0.25) is 0 Å². The molecule has 150 valence electrons. The van der Waals surface area contributed by atoms with Crippen molar-refractivity contribution in [2.75, 3.05) is 15.5 Å². The molecule has 1 heterocycles. The highest BCUT2D eigenvalue weighted by Crippen LogP contribution is 2.27. The Kier molecular flexibility index (Phi) is 5.26. The lowest BCUT2D eigenvalue weighted by Gasteiger charge is -2.14. The van der Waals surface area contributed by atoms with E-state index in [-0.39, 0.29) is 22.2 Å². The van der Waals surface area contributed by atoms with Crippen LogP contribution in [0.3, 0.4) is 0 Å². The molecule has 0 radical (unpaired) electrons. The Balaban J connectivity index is 1.76. The Morgan fingerprint density at radius 3 is 2.13 bits per heavy atom. The molecule has 0 amide bonds. The van der Waals surface area contributed by atoms with Crippen LogP contribution in [0.1, 0.15) is 0 Å². The molecular weight excluding hydrogens is 401 g/mol. The lowest BCUT2D eigenvalue weighted by molar-refractivity contribution is 0.388. The molecule has 0 atom stereocenters. The maximum atomic E-state index is 12.9. The monoisotopic (exact) mass is 419 g/mol. The normalized spacial score (nSPS) is 11.2. The summed E-state index contributed by atoms with van der Waals surface area (Å²) in [5.41, 5.74) is 5.22. The second-order valence-electron chi connectivity index (χ2n) is 6.65. The van der Waals surface area contributed by atoms with Crippen LogP contribution in [0, 0.1) is 0 Å². The van der Waals surface area contributed by atoms with Crippen LogP contribution < -0.4 is 21.0 Å². The summed E-state index contributed by atoms with van der Waals surface area (Å²) in [7, 11) is -2.00. The summed E-state index contributed by atoms with van der Waals surface area (Å²) < 4.78 is 28.4. The fourth-order valence-corrected chi connectivity index (χ4v) is 3.91. The van der Waals surface area contributed by atoms with E-state index in [4.69, 9.17) is 5.21 Å².